The highest BCUT2D eigenvalue weighted by Gasteiger charge is 2.33. The van der Waals surface area contributed by atoms with Crippen molar-refractivity contribution in [2.45, 2.75) is 79.2 Å². The van der Waals surface area contributed by atoms with Crippen molar-refractivity contribution in [1.82, 2.24) is 0 Å². The summed E-state index contributed by atoms with van der Waals surface area (Å²) >= 11 is 0. The number of hydrogen-bond acceptors (Lipinski definition) is 11. The molecule has 49 heavy (non-hydrogen) atoms. The second-order valence-electron chi connectivity index (χ2n) is 10.5. The summed E-state index contributed by atoms with van der Waals surface area (Å²) in [6, 6.07) is 10.2. The summed E-state index contributed by atoms with van der Waals surface area (Å²) in [4.78, 5) is 28.7. The zero-order valence-electron chi connectivity index (χ0n) is 30.4. The Balaban J connectivity index is 0. The van der Waals surface area contributed by atoms with E-state index in [1.54, 1.807) is 25.7 Å². The minimum Gasteiger partial charge on any atom is -0.501 e. The molecular weight excluding hydrogens is 632 g/mol. The second-order valence-corrected chi connectivity index (χ2v) is 10.5. The Morgan fingerprint density at radius 3 is 1.86 bits per heavy atom. The van der Waals surface area contributed by atoms with E-state index in [2.05, 4.69) is 23.8 Å². The molecule has 0 saturated carbocycles. The lowest BCUT2D eigenvalue weighted by molar-refractivity contribution is -0.143. The lowest BCUT2D eigenvalue weighted by Crippen LogP contribution is -2.40. The highest BCUT2D eigenvalue weighted by molar-refractivity contribution is 5.69. The van der Waals surface area contributed by atoms with Gasteiger partial charge >= 0.3 is 5.97 Å². The highest BCUT2D eigenvalue weighted by atomic mass is 16.5. The third-order valence-corrected chi connectivity index (χ3v) is 6.26. The van der Waals surface area contributed by atoms with E-state index in [4.69, 9.17) is 38.0 Å². The normalized spacial score (nSPS) is 12.0. The van der Waals surface area contributed by atoms with Crippen molar-refractivity contribution in [3.8, 4) is 0 Å². The number of hydrogen-bond donors (Lipinski definition) is 0. The van der Waals surface area contributed by atoms with Gasteiger partial charge in [0.15, 0.2) is 0 Å². The van der Waals surface area contributed by atoms with Gasteiger partial charge in [-0.3, -0.25) is 9.59 Å². The third kappa shape index (κ3) is 32.6. The number of carbonyl (C=O) groups excluding carboxylic acids is 3. The lowest BCUT2D eigenvalue weighted by atomic mass is 9.92. The molecule has 1 rings (SSSR count). The summed E-state index contributed by atoms with van der Waals surface area (Å²) in [7, 11) is 0. The smallest absolute Gasteiger partial charge is 0.305 e. The maximum absolute atomic E-state index is 11.5. The zero-order chi connectivity index (χ0) is 36.5. The Hall–Kier alpha value is -3.67. The molecule has 0 heterocycles. The molecular formula is C38H62O11. The minimum atomic E-state index is -0.536. The maximum atomic E-state index is 11.5. The van der Waals surface area contributed by atoms with E-state index in [0.29, 0.717) is 92.0 Å². The Morgan fingerprint density at radius 2 is 1.31 bits per heavy atom. The molecule has 1 aromatic rings. The van der Waals surface area contributed by atoms with Crippen LogP contribution >= 0.6 is 0 Å². The molecule has 0 saturated heterocycles. The van der Waals surface area contributed by atoms with Crippen LogP contribution in [0, 0.1) is 5.41 Å². The molecule has 0 aliphatic heterocycles. The molecule has 1 atom stereocenters. The predicted octanol–water partition coefficient (Wildman–Crippen LogP) is 7.14. The highest BCUT2D eigenvalue weighted by Crippen LogP contribution is 2.22. The van der Waals surface area contributed by atoms with Gasteiger partial charge in [-0.05, 0) is 76.7 Å². The van der Waals surface area contributed by atoms with Crippen LogP contribution in [0.5, 0.6) is 0 Å². The summed E-state index contributed by atoms with van der Waals surface area (Å²) < 4.78 is 44.2. The second kappa shape index (κ2) is 38.8. The molecule has 11 heteroatoms. The van der Waals surface area contributed by atoms with Crippen molar-refractivity contribution in [1.29, 1.82) is 0 Å². The molecule has 1 unspecified atom stereocenters. The Morgan fingerprint density at radius 1 is 0.694 bits per heavy atom. The van der Waals surface area contributed by atoms with Gasteiger partial charge in [-0.1, -0.05) is 43.7 Å². The van der Waals surface area contributed by atoms with Gasteiger partial charge in [0.25, 0.3) is 6.47 Å². The molecule has 11 nitrogen and oxygen atoms in total. The molecule has 0 amide bonds. The Bertz CT molecular complexity index is 937. The lowest BCUT2D eigenvalue weighted by Gasteiger charge is -2.31. The number of ether oxygens (including phenoxy) is 8. The molecule has 0 radical (unpaired) electrons. The van der Waals surface area contributed by atoms with Gasteiger partial charge in [0.05, 0.1) is 57.2 Å². The summed E-state index contributed by atoms with van der Waals surface area (Å²) in [5, 5.41) is 0. The third-order valence-electron chi connectivity index (χ3n) is 6.26. The summed E-state index contributed by atoms with van der Waals surface area (Å²) in [6.07, 6.45) is 16.5. The topological polar surface area (TPSA) is 125 Å². The van der Waals surface area contributed by atoms with E-state index >= 15 is 0 Å². The standard InChI is InChI=1S/C34H54O8.C3H6O2.CH2O/c1-4-7-13-22-38-28-34(31-41-26-17-25-36-5-2,29-39-23-14-9-12-20-33(35)42-6-3)30-40-24-16-15-21-37-27-32-18-10-8-11-19-32;1-2-5-3-4;1-2/h8,10-11,13-14,17-19,22-23,26H,4-7,9,12,15-16,20-21,24-25,27-31H2,1-3H3;3H,2H2,1H3;1H2/b22-13+,23-14+,26-17+;;. The number of esters is 1. The van der Waals surface area contributed by atoms with Gasteiger partial charge in [0, 0.05) is 26.2 Å². The molecule has 0 spiro atoms. The van der Waals surface area contributed by atoms with Crippen LogP contribution in [0.25, 0.3) is 0 Å². The summed E-state index contributed by atoms with van der Waals surface area (Å²) in [6.45, 7) is 15.5. The number of allylic oxidation sites excluding steroid dienone is 2. The number of rotatable bonds is 30. The van der Waals surface area contributed by atoms with E-state index in [-0.39, 0.29) is 5.97 Å². The van der Waals surface area contributed by atoms with Gasteiger partial charge in [-0.25, -0.2) is 0 Å². The van der Waals surface area contributed by atoms with Gasteiger partial charge in [0.2, 0.25) is 0 Å². The van der Waals surface area contributed by atoms with Crippen molar-refractivity contribution < 1.29 is 52.3 Å². The summed E-state index contributed by atoms with van der Waals surface area (Å²) in [5.41, 5.74) is 0.640. The van der Waals surface area contributed by atoms with E-state index in [0.717, 1.165) is 32.1 Å². The van der Waals surface area contributed by atoms with Crippen LogP contribution in [0.1, 0.15) is 78.2 Å². The molecule has 0 aromatic heterocycles. The number of carbonyl (C=O) groups is 3. The van der Waals surface area contributed by atoms with E-state index in [1.807, 2.05) is 57.1 Å². The van der Waals surface area contributed by atoms with Crippen molar-refractivity contribution in [3.63, 3.8) is 0 Å². The fourth-order valence-corrected chi connectivity index (χ4v) is 3.78. The van der Waals surface area contributed by atoms with Gasteiger partial charge < -0.3 is 42.7 Å². The van der Waals surface area contributed by atoms with Crippen LogP contribution in [-0.2, 0) is 58.9 Å². The average molecular weight is 695 g/mol. The van der Waals surface area contributed by atoms with Crippen LogP contribution in [0.2, 0.25) is 0 Å². The number of unbranched alkanes of at least 4 members (excludes halogenated alkanes) is 3. The molecule has 280 valence electrons. The fourth-order valence-electron chi connectivity index (χ4n) is 3.78. The van der Waals surface area contributed by atoms with Crippen molar-refractivity contribution in [2.24, 2.45) is 5.41 Å². The fraction of sp³-hybridized carbons (Fsp3) is 0.605. The predicted molar refractivity (Wildman–Crippen MR) is 191 cm³/mol. The first-order valence-corrected chi connectivity index (χ1v) is 17.1. The zero-order valence-corrected chi connectivity index (χ0v) is 30.4. The van der Waals surface area contributed by atoms with Crippen LogP contribution in [0.4, 0.5) is 0 Å². The molecule has 0 aliphatic rings. The van der Waals surface area contributed by atoms with Gasteiger partial charge in [-0.2, -0.15) is 0 Å². The van der Waals surface area contributed by atoms with Crippen LogP contribution in [0.3, 0.4) is 0 Å². The van der Waals surface area contributed by atoms with Gasteiger partial charge in [0.1, 0.15) is 26.6 Å². The van der Waals surface area contributed by atoms with Crippen LogP contribution in [-0.4, -0.2) is 85.3 Å². The van der Waals surface area contributed by atoms with E-state index in [1.165, 1.54) is 5.56 Å². The first-order valence-electron chi connectivity index (χ1n) is 17.1. The van der Waals surface area contributed by atoms with Crippen molar-refractivity contribution in [3.05, 3.63) is 72.9 Å². The summed E-state index contributed by atoms with van der Waals surface area (Å²) in [5.74, 6) is -0.173. The monoisotopic (exact) mass is 694 g/mol. The molecule has 0 bridgehead atoms. The van der Waals surface area contributed by atoms with Crippen LogP contribution in [0.15, 0.2) is 67.3 Å². The van der Waals surface area contributed by atoms with E-state index < -0.39 is 5.41 Å². The molecule has 0 fully saturated rings. The minimum absolute atomic E-state index is 0.173. The first kappa shape index (κ1) is 47.4. The average Bonchev–Trinajstić information content (AvgIpc) is 3.12. The maximum Gasteiger partial charge on any atom is 0.305 e. The largest absolute Gasteiger partial charge is 0.501 e. The van der Waals surface area contributed by atoms with Gasteiger partial charge in [-0.15, -0.1) is 0 Å². The Kier molecular flexibility index (Phi) is 37.5. The van der Waals surface area contributed by atoms with Crippen molar-refractivity contribution >= 4 is 19.2 Å². The van der Waals surface area contributed by atoms with E-state index in [9.17, 15) is 9.59 Å². The SMILES string of the molecule is C=O.CCC/C=C/OCC(CO/C=C/CCCC(=O)OCC)(CO/C=C/COCC)COCCCCOCc1ccccc1.CCOC=O. The quantitative estimate of drug-likeness (QED) is 0.0353. The molecule has 0 aliphatic carbocycles. The van der Waals surface area contributed by atoms with Crippen molar-refractivity contribution in [2.75, 3.05) is 66.1 Å². The number of benzene rings is 1. The molecule has 1 aromatic carbocycles. The molecule has 0 N–H and O–H groups in total. The van der Waals surface area contributed by atoms with Crippen LogP contribution < -0.4 is 0 Å². The Labute approximate surface area is 294 Å². The first-order chi connectivity index (χ1) is 24.1.